The smallest absolute Gasteiger partial charge is 0.315 e. The Morgan fingerprint density at radius 1 is 1.20 bits per heavy atom. The van der Waals surface area contributed by atoms with Gasteiger partial charge in [-0.1, -0.05) is 8.58 Å². The van der Waals surface area contributed by atoms with Gasteiger partial charge in [-0.3, -0.25) is 14.4 Å². The standard InChI is InChI=1S/C7H9O6P.Zn/c8-3(9)1-2-7(6(12)13)4(14-7)5(10)11;/h4,14H,1-2H2,(H,8,9)(H,10,11)(H,12,13);. The fourth-order valence-electron chi connectivity index (χ4n) is 1.30. The van der Waals surface area contributed by atoms with Crippen LogP contribution in [0, 0.1) is 0 Å². The Morgan fingerprint density at radius 3 is 2.00 bits per heavy atom. The van der Waals surface area contributed by atoms with Crippen molar-refractivity contribution in [1.29, 1.82) is 0 Å². The number of carbonyl (C=O) groups is 3. The van der Waals surface area contributed by atoms with E-state index in [1.807, 2.05) is 0 Å². The number of hydrogen-bond acceptors (Lipinski definition) is 3. The van der Waals surface area contributed by atoms with E-state index >= 15 is 0 Å². The Morgan fingerprint density at radius 2 is 1.73 bits per heavy atom. The summed E-state index contributed by atoms with van der Waals surface area (Å²) in [6.07, 6.45) is -0.407. The molecular formula is C7H9O6PZn. The molecule has 0 aliphatic carbocycles. The molecule has 1 heterocycles. The summed E-state index contributed by atoms with van der Waals surface area (Å²) < 4.78 is 0. The van der Waals surface area contributed by atoms with Crippen molar-refractivity contribution < 1.29 is 49.2 Å². The fraction of sp³-hybridized carbons (Fsp3) is 0.571. The van der Waals surface area contributed by atoms with Gasteiger partial charge in [-0.2, -0.15) is 0 Å². The second-order valence-corrected chi connectivity index (χ2v) is 4.84. The van der Waals surface area contributed by atoms with Crippen LogP contribution in [0.15, 0.2) is 0 Å². The summed E-state index contributed by atoms with van der Waals surface area (Å²) in [6.45, 7) is 0. The zero-order chi connectivity index (χ0) is 10.9. The molecule has 1 aliphatic heterocycles. The molecule has 1 rings (SSSR count). The molecule has 3 unspecified atom stereocenters. The molecule has 1 aliphatic rings. The molecule has 0 aromatic heterocycles. The second kappa shape index (κ2) is 4.99. The average molecular weight is 286 g/mol. The summed E-state index contributed by atoms with van der Waals surface area (Å²) in [5, 5.41) is 24.4. The van der Waals surface area contributed by atoms with Crippen molar-refractivity contribution in [2.45, 2.75) is 23.7 Å². The Balaban J connectivity index is 0.00000196. The third-order valence-electron chi connectivity index (χ3n) is 2.17. The van der Waals surface area contributed by atoms with Gasteiger partial charge in [0.25, 0.3) is 0 Å². The number of hydrogen-bond donors (Lipinski definition) is 3. The first-order chi connectivity index (χ1) is 6.40. The Bertz CT molecular complexity index is 306. The number of carboxylic acid groups (broad SMARTS) is 3. The second-order valence-electron chi connectivity index (χ2n) is 3.09. The molecule has 1 saturated heterocycles. The largest absolute Gasteiger partial charge is 0.481 e. The summed E-state index contributed by atoms with van der Waals surface area (Å²) in [5.41, 5.74) is -0.903. The molecule has 15 heavy (non-hydrogen) atoms. The van der Waals surface area contributed by atoms with Crippen molar-refractivity contribution in [2.75, 3.05) is 0 Å². The summed E-state index contributed by atoms with van der Waals surface area (Å²) >= 11 is 0. The van der Waals surface area contributed by atoms with Crippen LogP contribution in [0.1, 0.15) is 12.8 Å². The van der Waals surface area contributed by atoms with Crippen LogP contribution in [0.3, 0.4) is 0 Å². The number of carboxylic acids is 3. The van der Waals surface area contributed by atoms with E-state index in [2.05, 4.69) is 0 Å². The van der Waals surface area contributed by atoms with Crippen LogP contribution in [-0.2, 0) is 33.9 Å². The predicted octanol–water partition coefficient (Wildman–Crippen LogP) is -0.183. The van der Waals surface area contributed by atoms with Crippen LogP contribution in [0.25, 0.3) is 0 Å². The molecule has 0 aromatic carbocycles. The summed E-state index contributed by atoms with van der Waals surface area (Å²) in [7, 11) is -0.216. The first-order valence-corrected chi connectivity index (χ1v) is 4.93. The Labute approximate surface area is 99.6 Å². The minimum Gasteiger partial charge on any atom is -0.481 e. The van der Waals surface area contributed by atoms with E-state index in [1.165, 1.54) is 0 Å². The van der Waals surface area contributed by atoms with Gasteiger partial charge < -0.3 is 15.3 Å². The molecule has 0 spiro atoms. The molecule has 3 atom stereocenters. The summed E-state index contributed by atoms with van der Waals surface area (Å²) in [6, 6.07) is 0. The van der Waals surface area contributed by atoms with Crippen molar-refractivity contribution in [3.63, 3.8) is 0 Å². The van der Waals surface area contributed by atoms with Crippen LogP contribution in [-0.4, -0.2) is 44.0 Å². The van der Waals surface area contributed by atoms with E-state index in [-0.39, 0.29) is 40.9 Å². The van der Waals surface area contributed by atoms with Gasteiger partial charge >= 0.3 is 17.9 Å². The van der Waals surface area contributed by atoms with E-state index in [9.17, 15) is 14.4 Å². The zero-order valence-electron chi connectivity index (χ0n) is 7.77. The average Bonchev–Trinajstić information content (AvgIpc) is 2.76. The number of aliphatic carboxylic acids is 3. The van der Waals surface area contributed by atoms with Crippen molar-refractivity contribution in [3.05, 3.63) is 0 Å². The molecule has 8 heteroatoms. The first-order valence-electron chi connectivity index (χ1n) is 3.86. The van der Waals surface area contributed by atoms with E-state index < -0.39 is 28.7 Å². The summed E-state index contributed by atoms with van der Waals surface area (Å²) in [4.78, 5) is 31.5. The Hall–Kier alpha value is -0.537. The maximum absolute atomic E-state index is 10.8. The molecular weight excluding hydrogens is 276 g/mol. The van der Waals surface area contributed by atoms with Crippen molar-refractivity contribution >= 4 is 26.5 Å². The SMILES string of the molecule is O=C(O)CCC1(C(=O)O)PC1C(=O)O.[Zn]. The molecule has 1 fully saturated rings. The fourth-order valence-corrected chi connectivity index (χ4v) is 2.64. The molecule has 0 radical (unpaired) electrons. The van der Waals surface area contributed by atoms with E-state index in [4.69, 9.17) is 15.3 Å². The van der Waals surface area contributed by atoms with E-state index in [0.717, 1.165) is 0 Å². The molecule has 0 saturated carbocycles. The van der Waals surface area contributed by atoms with Gasteiger partial charge in [0.15, 0.2) is 0 Å². The van der Waals surface area contributed by atoms with Gasteiger partial charge in [0.2, 0.25) is 0 Å². The van der Waals surface area contributed by atoms with E-state index in [1.54, 1.807) is 0 Å². The van der Waals surface area contributed by atoms with Crippen molar-refractivity contribution in [2.24, 2.45) is 0 Å². The summed E-state index contributed by atoms with van der Waals surface area (Å²) in [5.74, 6) is -3.47. The van der Waals surface area contributed by atoms with Gasteiger partial charge in [-0.15, -0.1) is 0 Å². The maximum Gasteiger partial charge on any atom is 0.315 e. The molecule has 3 N–H and O–H groups in total. The molecule has 80 valence electrons. The van der Waals surface area contributed by atoms with Gasteiger partial charge in [0.1, 0.15) is 5.16 Å². The van der Waals surface area contributed by atoms with Crippen LogP contribution < -0.4 is 0 Å². The third-order valence-corrected chi connectivity index (χ3v) is 4.16. The monoisotopic (exact) mass is 284 g/mol. The topological polar surface area (TPSA) is 112 Å². The van der Waals surface area contributed by atoms with Crippen LogP contribution in [0.2, 0.25) is 0 Å². The normalized spacial score (nSPS) is 29.2. The zero-order valence-corrected chi connectivity index (χ0v) is 11.7. The van der Waals surface area contributed by atoms with Crippen LogP contribution in [0.5, 0.6) is 0 Å². The quantitative estimate of drug-likeness (QED) is 0.477. The Kier molecular flexibility index (Phi) is 4.82. The van der Waals surface area contributed by atoms with E-state index in [0.29, 0.717) is 0 Å². The van der Waals surface area contributed by atoms with Crippen molar-refractivity contribution in [3.8, 4) is 0 Å². The van der Waals surface area contributed by atoms with Crippen molar-refractivity contribution in [1.82, 2.24) is 0 Å². The maximum atomic E-state index is 10.8. The minimum absolute atomic E-state index is 0. The predicted molar refractivity (Wildman–Crippen MR) is 47.0 cm³/mol. The molecule has 0 aromatic rings. The van der Waals surface area contributed by atoms with Gasteiger partial charge in [0, 0.05) is 25.9 Å². The molecule has 0 bridgehead atoms. The molecule has 0 amide bonds. The molecule has 6 nitrogen and oxygen atoms in total. The third kappa shape index (κ3) is 2.96. The van der Waals surface area contributed by atoms with Gasteiger partial charge in [0.05, 0.1) is 5.66 Å². The number of rotatable bonds is 5. The van der Waals surface area contributed by atoms with Crippen LogP contribution in [0.4, 0.5) is 0 Å². The van der Waals surface area contributed by atoms with Gasteiger partial charge in [-0.05, 0) is 6.42 Å². The minimum atomic E-state index is -1.32. The first kappa shape index (κ1) is 14.5. The van der Waals surface area contributed by atoms with Crippen LogP contribution >= 0.6 is 8.58 Å². The van der Waals surface area contributed by atoms with Gasteiger partial charge in [-0.25, -0.2) is 0 Å².